The quantitative estimate of drug-likeness (QED) is 0.497. The van der Waals surface area contributed by atoms with Gasteiger partial charge in [0, 0.05) is 0 Å². The molecule has 0 aliphatic carbocycles. The van der Waals surface area contributed by atoms with Gasteiger partial charge in [-0.15, -0.1) is 11.4 Å². The first kappa shape index (κ1) is 34.3. The molecule has 0 saturated carbocycles. The van der Waals surface area contributed by atoms with Gasteiger partial charge in [-0.25, -0.2) is 0 Å². The summed E-state index contributed by atoms with van der Waals surface area (Å²) >= 11 is 0. The molecule has 0 aromatic heterocycles. The van der Waals surface area contributed by atoms with E-state index < -0.39 is 24.1 Å². The van der Waals surface area contributed by atoms with E-state index in [1.807, 2.05) is 36.4 Å². The molecule has 10 heteroatoms. The number of carbonyl (C=O) groups is 2. The number of aliphatic hydroxyl groups excluding tert-OH is 2. The number of carboxylic acids is 2. The van der Waals surface area contributed by atoms with Gasteiger partial charge < -0.3 is 41.5 Å². The minimum Gasteiger partial charge on any atom is -0.699 e. The average Bonchev–Trinajstić information content (AvgIpc) is 2.58. The molecule has 2 aromatic carbocycles. The Hall–Kier alpha value is -1.26. The molecule has 0 spiro atoms. The second-order valence-electron chi connectivity index (χ2n) is 4.72. The van der Waals surface area contributed by atoms with E-state index in [9.17, 15) is 19.8 Å². The Labute approximate surface area is 204 Å². The fourth-order valence-corrected chi connectivity index (χ4v) is 0.876. The number of aliphatic carboxylic acids is 2. The summed E-state index contributed by atoms with van der Waals surface area (Å²) < 4.78 is 0. The molecule has 4 N–H and O–H groups in total. The maximum atomic E-state index is 9.34. The first-order valence-corrected chi connectivity index (χ1v) is 7.39. The number of benzene rings is 2. The van der Waals surface area contributed by atoms with Crippen molar-refractivity contribution in [3.63, 3.8) is 0 Å². The summed E-state index contributed by atoms with van der Waals surface area (Å²) in [6, 6.07) is 18.2. The average molecular weight is 587 g/mol. The Kier molecular flexibility index (Phi) is 27.0. The van der Waals surface area contributed by atoms with Gasteiger partial charge in [-0.05, 0) is 13.8 Å². The molecule has 0 amide bonds. The normalized spacial score (nSPS) is 10.1. The number of carboxylic acid groups (broad SMARTS) is 2. The Bertz CT molecular complexity index is 558. The van der Waals surface area contributed by atoms with Gasteiger partial charge in [0.25, 0.3) is 0 Å². The molecule has 0 radical (unpaired) electrons. The van der Waals surface area contributed by atoms with Crippen molar-refractivity contribution in [2.75, 3.05) is 0 Å². The molecule has 2 rings (SSSR count). The number of hydrogen-bond acceptors (Lipinski definition) is 6. The Morgan fingerprint density at radius 3 is 0.964 bits per heavy atom. The molecular weight excluding hydrogens is 565 g/mol. The summed E-state index contributed by atoms with van der Waals surface area (Å²) in [7, 11) is 0. The van der Waals surface area contributed by atoms with Crippen molar-refractivity contribution >= 4 is 23.3 Å². The molecule has 2 aromatic rings. The zero-order chi connectivity index (χ0) is 20.5. The maximum absolute atomic E-state index is 9.34. The van der Waals surface area contributed by atoms with E-state index in [4.69, 9.17) is 21.7 Å². The third kappa shape index (κ3) is 27.0. The van der Waals surface area contributed by atoms with Crippen molar-refractivity contribution < 1.29 is 84.6 Å². The maximum Gasteiger partial charge on any atom is 2.00 e. The molecule has 2 atom stereocenters. The third-order valence-electron chi connectivity index (χ3n) is 2.23. The fourth-order valence-electron chi connectivity index (χ4n) is 0.876. The van der Waals surface area contributed by atoms with E-state index in [2.05, 4.69) is 0 Å². The van der Waals surface area contributed by atoms with Gasteiger partial charge in [0.15, 0.2) is 0 Å². The van der Waals surface area contributed by atoms with Crippen molar-refractivity contribution in [2.24, 2.45) is 0 Å². The van der Waals surface area contributed by atoms with Gasteiger partial charge in [0.2, 0.25) is 0 Å². The zero-order valence-corrected chi connectivity index (χ0v) is 23.9. The van der Waals surface area contributed by atoms with Crippen LogP contribution in [0.3, 0.4) is 0 Å². The van der Waals surface area contributed by atoms with Crippen LogP contribution in [0.5, 0.6) is 0 Å². The number of aliphatic hydroxyl groups is 2. The second-order valence-corrected chi connectivity index (χ2v) is 4.72. The topological polar surface area (TPSA) is 168 Å². The van der Waals surface area contributed by atoms with Crippen LogP contribution in [0.25, 0.3) is 11.5 Å². The predicted molar refractivity (Wildman–Crippen MR) is 94.2 cm³/mol. The second kappa shape index (κ2) is 22.0. The smallest absolute Gasteiger partial charge is 0.699 e. The van der Waals surface area contributed by atoms with Crippen molar-refractivity contribution in [3.05, 3.63) is 72.1 Å². The van der Waals surface area contributed by atoms with E-state index in [0.29, 0.717) is 11.4 Å². The number of hydrogen-bond donors (Lipinski definition) is 2. The van der Waals surface area contributed by atoms with Gasteiger partial charge in [0.1, 0.15) is 0 Å². The number of carbonyl (C=O) groups excluding carboxylic acids is 2. The van der Waals surface area contributed by atoms with Gasteiger partial charge >= 0.3 is 54.6 Å². The number of nitrogens with one attached hydrogen (secondary N) is 2. The van der Waals surface area contributed by atoms with Gasteiger partial charge in [0.05, 0.1) is 24.1 Å². The van der Waals surface area contributed by atoms with Crippen LogP contribution in [0.2, 0.25) is 0 Å². The monoisotopic (exact) mass is 590 g/mol. The molecule has 28 heavy (non-hydrogen) atoms. The minimum absolute atomic E-state index is 0. The van der Waals surface area contributed by atoms with Gasteiger partial charge in [-0.3, -0.25) is 0 Å². The van der Waals surface area contributed by atoms with Crippen LogP contribution in [0.1, 0.15) is 13.8 Å². The third-order valence-corrected chi connectivity index (χ3v) is 2.23. The van der Waals surface area contributed by atoms with Crippen LogP contribution in [0.4, 0.5) is 11.4 Å². The predicted octanol–water partition coefficient (Wildman–Crippen LogP) is 0.970. The van der Waals surface area contributed by atoms with E-state index in [-0.39, 0.29) is 54.6 Å². The molecule has 2 unspecified atom stereocenters. The SMILES string of the molecule is CC(O)C(=O)[O-].CC(O)C(=O)[O-].[Cd+2].[Cd+2].[NH-]c1ccccc1.[NH-]c1ccccc1. The molecule has 0 fully saturated rings. The van der Waals surface area contributed by atoms with Crippen molar-refractivity contribution in [3.8, 4) is 0 Å². The largest absolute Gasteiger partial charge is 2.00 e. The Morgan fingerprint density at radius 2 is 0.893 bits per heavy atom. The number of rotatable bonds is 2. The summed E-state index contributed by atoms with van der Waals surface area (Å²) in [6.07, 6.45) is -2.69. The van der Waals surface area contributed by atoms with Crippen molar-refractivity contribution in [2.45, 2.75) is 26.1 Å². The standard InChI is InChI=1S/2C6H6N.2C3H6O3.2Cd/c2*7-6-4-2-1-3-5-6;2*1-2(4)3(5)6;;/h2*1-5,7H;2*2,4H,1H3,(H,5,6);;/q2*-1;;;2*+2/p-2. The van der Waals surface area contributed by atoms with Crippen LogP contribution in [-0.2, 0) is 64.2 Å². The fraction of sp³-hybridized carbons (Fsp3) is 0.222. The molecule has 144 valence electrons. The van der Waals surface area contributed by atoms with E-state index in [1.54, 1.807) is 24.3 Å². The molecule has 0 aliphatic rings. The van der Waals surface area contributed by atoms with E-state index in [1.165, 1.54) is 0 Å². The summed E-state index contributed by atoms with van der Waals surface area (Å²) in [5.41, 5.74) is 15.1. The van der Waals surface area contributed by atoms with Gasteiger partial charge in [-0.2, -0.15) is 0 Å². The van der Waals surface area contributed by atoms with Crippen LogP contribution in [-0.4, -0.2) is 34.4 Å². The van der Waals surface area contributed by atoms with Crippen LogP contribution in [0, 0.1) is 0 Å². The van der Waals surface area contributed by atoms with Crippen LogP contribution >= 0.6 is 0 Å². The van der Waals surface area contributed by atoms with Crippen LogP contribution in [0.15, 0.2) is 60.7 Å². The molecule has 0 aliphatic heterocycles. The van der Waals surface area contributed by atoms with Gasteiger partial charge in [-0.1, -0.05) is 60.7 Å². The molecule has 8 nitrogen and oxygen atoms in total. The Morgan fingerprint density at radius 1 is 0.714 bits per heavy atom. The van der Waals surface area contributed by atoms with E-state index in [0.717, 1.165) is 13.8 Å². The molecule has 0 heterocycles. The summed E-state index contributed by atoms with van der Waals surface area (Å²) in [4.78, 5) is 18.7. The molecule has 0 saturated heterocycles. The van der Waals surface area contributed by atoms with Crippen LogP contribution < -0.4 is 10.2 Å². The van der Waals surface area contributed by atoms with E-state index >= 15 is 0 Å². The zero-order valence-electron chi connectivity index (χ0n) is 15.9. The summed E-state index contributed by atoms with van der Waals surface area (Å²) in [5.74, 6) is -2.87. The molecule has 0 bridgehead atoms. The summed E-state index contributed by atoms with van der Waals surface area (Å²) in [6.45, 7) is 2.27. The molecular formula is C18H22Cd2N2O6. The van der Waals surface area contributed by atoms with Crippen molar-refractivity contribution in [1.82, 2.24) is 0 Å². The Balaban J connectivity index is -0.000000135. The first-order valence-electron chi connectivity index (χ1n) is 7.39. The summed E-state index contributed by atoms with van der Waals surface area (Å²) in [5, 5.41) is 34.6. The van der Waals surface area contributed by atoms with Crippen molar-refractivity contribution in [1.29, 1.82) is 0 Å². The minimum atomic E-state index is -1.44. The first-order chi connectivity index (χ1) is 12.1.